The van der Waals surface area contributed by atoms with E-state index in [9.17, 15) is 4.79 Å². The molecule has 1 radical (unpaired) electrons. The van der Waals surface area contributed by atoms with Crippen molar-refractivity contribution in [2.75, 3.05) is 0 Å². The number of carboxylic acids is 1. The molecule has 0 heterocycles. The first-order valence-corrected chi connectivity index (χ1v) is 7.99. The summed E-state index contributed by atoms with van der Waals surface area (Å²) in [5.41, 5.74) is 0. The van der Waals surface area contributed by atoms with Crippen molar-refractivity contribution in [1.82, 2.24) is 0 Å². The van der Waals surface area contributed by atoms with Gasteiger partial charge in [0.1, 0.15) is 0 Å². The fourth-order valence-corrected chi connectivity index (χ4v) is 2.29. The van der Waals surface area contributed by atoms with Crippen LogP contribution in [0.15, 0.2) is 0 Å². The summed E-state index contributed by atoms with van der Waals surface area (Å²) in [6.07, 6.45) is 17.3. The summed E-state index contributed by atoms with van der Waals surface area (Å²) in [4.78, 5) is 10.3. The number of hydrogen-bond acceptors (Lipinski definition) is 1. The van der Waals surface area contributed by atoms with Gasteiger partial charge in [-0.25, -0.2) is 0 Å². The van der Waals surface area contributed by atoms with Gasteiger partial charge in [0.15, 0.2) is 0 Å². The zero-order chi connectivity index (χ0) is 13.5. The van der Waals surface area contributed by atoms with Gasteiger partial charge in [0.2, 0.25) is 0 Å². The van der Waals surface area contributed by atoms with E-state index in [2.05, 4.69) is 6.92 Å². The zero-order valence-electron chi connectivity index (χ0n) is 12.8. The number of aliphatic carboxylic acids is 1. The molecule has 1 N–H and O–H groups in total. The van der Waals surface area contributed by atoms with E-state index < -0.39 is 5.97 Å². The Morgan fingerprint density at radius 2 is 1.00 bits per heavy atom. The predicted molar refractivity (Wildman–Crippen MR) is 77.9 cm³/mol. The molecule has 0 aliphatic carbocycles. The summed E-state index contributed by atoms with van der Waals surface area (Å²) in [7, 11) is 0. The second-order valence-corrected chi connectivity index (χ2v) is 5.39. The predicted octanol–water partition coefficient (Wildman–Crippen LogP) is 5.55. The third-order valence-corrected chi connectivity index (χ3v) is 3.49. The fourth-order valence-electron chi connectivity index (χ4n) is 2.29. The second-order valence-electron chi connectivity index (χ2n) is 5.39. The van der Waals surface area contributed by atoms with Crippen LogP contribution in [0, 0.1) is 0 Å². The molecule has 0 saturated heterocycles. The monoisotopic (exact) mass is 345 g/mol. The van der Waals surface area contributed by atoms with Gasteiger partial charge in [-0.3, -0.25) is 4.79 Å². The minimum absolute atomic E-state index is 0. The first-order chi connectivity index (χ1) is 8.77. The van der Waals surface area contributed by atoms with Crippen LogP contribution >= 0.6 is 0 Å². The van der Waals surface area contributed by atoms with Gasteiger partial charge in [0, 0.05) is 39.1 Å². The van der Waals surface area contributed by atoms with E-state index in [1.54, 1.807) is 0 Å². The van der Waals surface area contributed by atoms with Crippen LogP contribution in [0.2, 0.25) is 0 Å². The van der Waals surface area contributed by atoms with Gasteiger partial charge >= 0.3 is 5.97 Å². The van der Waals surface area contributed by atoms with E-state index in [1.165, 1.54) is 70.6 Å². The van der Waals surface area contributed by atoms with Gasteiger partial charge in [-0.1, -0.05) is 84.0 Å². The number of carbonyl (C=O) groups is 1. The average molecular weight is 345 g/mol. The van der Waals surface area contributed by atoms with Crippen LogP contribution in [-0.4, -0.2) is 11.1 Å². The average Bonchev–Trinajstić information content (AvgIpc) is 2.34. The molecular formula is C16H32O2Y. The molecule has 0 saturated carbocycles. The Balaban J connectivity index is 0. The molecule has 0 aromatic rings. The number of rotatable bonds is 14. The number of carboxylic acid groups (broad SMARTS) is 1. The topological polar surface area (TPSA) is 37.3 Å². The Bertz CT molecular complexity index is 184. The van der Waals surface area contributed by atoms with Crippen molar-refractivity contribution >= 4 is 5.97 Å². The molecule has 0 amide bonds. The molecule has 0 atom stereocenters. The zero-order valence-corrected chi connectivity index (χ0v) is 15.7. The Hall–Kier alpha value is 0.574. The molecule has 0 aliphatic rings. The molecule has 2 nitrogen and oxygen atoms in total. The Labute approximate surface area is 145 Å². The smallest absolute Gasteiger partial charge is 0.303 e. The summed E-state index contributed by atoms with van der Waals surface area (Å²) in [6.45, 7) is 2.26. The molecule has 0 spiro atoms. The molecule has 0 fully saturated rings. The summed E-state index contributed by atoms with van der Waals surface area (Å²) in [6, 6.07) is 0. The Morgan fingerprint density at radius 1 is 0.684 bits per heavy atom. The van der Waals surface area contributed by atoms with Crippen molar-refractivity contribution < 1.29 is 42.6 Å². The number of unbranched alkanes of at least 4 members (excludes halogenated alkanes) is 12. The summed E-state index contributed by atoms with van der Waals surface area (Å²) >= 11 is 0. The Morgan fingerprint density at radius 3 is 1.32 bits per heavy atom. The molecule has 0 aliphatic heterocycles. The first-order valence-electron chi connectivity index (χ1n) is 7.99. The fraction of sp³-hybridized carbons (Fsp3) is 0.938. The van der Waals surface area contributed by atoms with Crippen LogP contribution in [0.3, 0.4) is 0 Å². The van der Waals surface area contributed by atoms with Crippen molar-refractivity contribution in [3.05, 3.63) is 0 Å². The quantitative estimate of drug-likeness (QED) is 0.419. The maximum absolute atomic E-state index is 10.3. The second kappa shape index (κ2) is 18.6. The van der Waals surface area contributed by atoms with E-state index in [-0.39, 0.29) is 32.7 Å². The Kier molecular flexibility index (Phi) is 21.4. The third-order valence-electron chi connectivity index (χ3n) is 3.49. The van der Waals surface area contributed by atoms with Gasteiger partial charge < -0.3 is 5.11 Å². The van der Waals surface area contributed by atoms with Crippen LogP contribution < -0.4 is 0 Å². The molecule has 0 bridgehead atoms. The van der Waals surface area contributed by atoms with Crippen molar-refractivity contribution in [1.29, 1.82) is 0 Å². The normalized spacial score (nSPS) is 10.2. The van der Waals surface area contributed by atoms with Crippen LogP contribution in [-0.2, 0) is 37.5 Å². The van der Waals surface area contributed by atoms with Gasteiger partial charge in [-0.2, -0.15) is 0 Å². The molecule has 3 heteroatoms. The van der Waals surface area contributed by atoms with Crippen LogP contribution in [0.4, 0.5) is 0 Å². The molecule has 0 aromatic heterocycles. The molecule has 0 aromatic carbocycles. The minimum Gasteiger partial charge on any atom is -0.481 e. The van der Waals surface area contributed by atoms with Crippen LogP contribution in [0.25, 0.3) is 0 Å². The molecule has 19 heavy (non-hydrogen) atoms. The molecule has 0 unspecified atom stereocenters. The standard InChI is InChI=1S/C16H32O2.Y/c1-2-3-4-5-6-7-8-9-10-11-12-13-14-15-16(17)18;/h2-15H2,1H3,(H,17,18);. The largest absolute Gasteiger partial charge is 0.481 e. The third kappa shape index (κ3) is 21.0. The van der Waals surface area contributed by atoms with Gasteiger partial charge in [0.05, 0.1) is 0 Å². The van der Waals surface area contributed by atoms with Crippen molar-refractivity contribution in [2.24, 2.45) is 0 Å². The van der Waals surface area contributed by atoms with Gasteiger partial charge in [-0.15, -0.1) is 0 Å². The SMILES string of the molecule is CCCCCCCCCCCCCCCC(=O)O.[Y]. The van der Waals surface area contributed by atoms with Crippen molar-refractivity contribution in [3.63, 3.8) is 0 Å². The summed E-state index contributed by atoms with van der Waals surface area (Å²) in [5.74, 6) is -0.655. The van der Waals surface area contributed by atoms with E-state index >= 15 is 0 Å². The van der Waals surface area contributed by atoms with Crippen molar-refractivity contribution in [2.45, 2.75) is 96.8 Å². The van der Waals surface area contributed by atoms with Crippen LogP contribution in [0.1, 0.15) is 96.8 Å². The molecular weight excluding hydrogens is 313 g/mol. The van der Waals surface area contributed by atoms with Crippen LogP contribution in [0.5, 0.6) is 0 Å². The van der Waals surface area contributed by atoms with E-state index in [4.69, 9.17) is 5.11 Å². The maximum atomic E-state index is 10.3. The first kappa shape index (κ1) is 21.9. The summed E-state index contributed by atoms with van der Waals surface area (Å²) in [5, 5.41) is 8.49. The van der Waals surface area contributed by atoms with Gasteiger partial charge in [-0.05, 0) is 6.42 Å². The van der Waals surface area contributed by atoms with E-state index in [1.807, 2.05) is 0 Å². The van der Waals surface area contributed by atoms with E-state index in [0.717, 1.165) is 12.8 Å². The summed E-state index contributed by atoms with van der Waals surface area (Å²) < 4.78 is 0. The molecule has 0 rings (SSSR count). The maximum Gasteiger partial charge on any atom is 0.303 e. The van der Waals surface area contributed by atoms with E-state index in [0.29, 0.717) is 6.42 Å². The minimum atomic E-state index is -0.655. The van der Waals surface area contributed by atoms with Gasteiger partial charge in [0.25, 0.3) is 0 Å². The number of hydrogen-bond donors (Lipinski definition) is 1. The molecule has 111 valence electrons. The van der Waals surface area contributed by atoms with Crippen molar-refractivity contribution in [3.8, 4) is 0 Å².